The zero-order valence-electron chi connectivity index (χ0n) is 16.4. The predicted octanol–water partition coefficient (Wildman–Crippen LogP) is -3.92. The van der Waals surface area contributed by atoms with Crippen LogP contribution in [0.2, 0.25) is 0 Å². The molecule has 0 amide bonds. The normalized spacial score (nSPS) is 9.48. The Kier molecular flexibility index (Phi) is 13.0. The Hall–Kier alpha value is -2.08. The number of halogens is 2. The summed E-state index contributed by atoms with van der Waals surface area (Å²) in [5.74, 6) is 0.768. The first-order valence-corrected chi connectivity index (χ1v) is 8.31. The summed E-state index contributed by atoms with van der Waals surface area (Å²) >= 11 is 0. The number of carbonyl (C=O) groups excluding carboxylic acids is 1. The van der Waals surface area contributed by atoms with E-state index in [1.165, 1.54) is 6.21 Å². The molecule has 0 aliphatic carbocycles. The highest BCUT2D eigenvalue weighted by Crippen LogP contribution is 2.14. The molecule has 0 atom stereocenters. The van der Waals surface area contributed by atoms with Crippen LogP contribution in [-0.4, -0.2) is 24.3 Å². The number of carbonyl (C=O) groups is 1. The van der Waals surface area contributed by atoms with Gasteiger partial charge in [0.05, 0.1) is 12.7 Å². The van der Waals surface area contributed by atoms with E-state index in [1.54, 1.807) is 31.4 Å². The molecule has 0 aliphatic rings. The highest BCUT2D eigenvalue weighted by Gasteiger charge is 2.11. The van der Waals surface area contributed by atoms with Gasteiger partial charge in [-0.2, -0.15) is 0 Å². The lowest BCUT2D eigenvalue weighted by molar-refractivity contribution is -0.672. The van der Waals surface area contributed by atoms with Crippen LogP contribution in [0.1, 0.15) is 21.6 Å². The average Bonchev–Trinajstić information content (AvgIpc) is 2.70. The van der Waals surface area contributed by atoms with Gasteiger partial charge < -0.3 is 57.9 Å². The number of oxime groups is 1. The first-order chi connectivity index (χ1) is 13.0. The summed E-state index contributed by atoms with van der Waals surface area (Å²) in [6, 6.07) is 16.4. The number of hydrogen-bond donors (Lipinski definition) is 1. The van der Waals surface area contributed by atoms with E-state index in [4.69, 9.17) is 9.94 Å². The third-order valence-corrected chi connectivity index (χ3v) is 3.84. The quantitative estimate of drug-likeness (QED) is 0.0812. The van der Waals surface area contributed by atoms with Gasteiger partial charge in [-0.3, -0.25) is 4.79 Å². The highest BCUT2D eigenvalue weighted by molar-refractivity contribution is 6.08. The first kappa shape index (κ1) is 26.9. The number of ether oxygens (including phenoxy) is 1. The molecule has 1 N–H and O–H groups in total. The molecule has 29 heavy (non-hydrogen) atoms. The topological polar surface area (TPSA) is 66.7 Å². The fourth-order valence-electron chi connectivity index (χ4n) is 2.36. The highest BCUT2D eigenvalue weighted by atomic mass is 127. The fourth-order valence-corrected chi connectivity index (χ4v) is 2.36. The Morgan fingerprint density at radius 1 is 0.966 bits per heavy atom. The molecule has 6 nitrogen and oxygen atoms in total. The predicted molar refractivity (Wildman–Crippen MR) is 101 cm³/mol. The molecule has 2 aromatic heterocycles. The minimum absolute atomic E-state index is 0. The number of benzene rings is 1. The third kappa shape index (κ3) is 8.44. The van der Waals surface area contributed by atoms with Crippen LogP contribution in [0.3, 0.4) is 0 Å². The smallest absolute Gasteiger partial charge is 0.226 e. The molecule has 154 valence electrons. The van der Waals surface area contributed by atoms with Crippen molar-refractivity contribution >= 4 is 12.0 Å². The number of ketones is 1. The molecule has 0 spiro atoms. The lowest BCUT2D eigenvalue weighted by Gasteiger charge is -2.02. The summed E-state index contributed by atoms with van der Waals surface area (Å²) in [4.78, 5) is 12.1. The lowest BCUT2D eigenvalue weighted by Crippen LogP contribution is -3.00. The van der Waals surface area contributed by atoms with Crippen LogP contribution in [0.15, 0.2) is 78.3 Å². The van der Waals surface area contributed by atoms with Gasteiger partial charge in [-0.15, -0.1) is 0 Å². The maximum absolute atomic E-state index is 12.1. The lowest BCUT2D eigenvalue weighted by atomic mass is 10.1. The van der Waals surface area contributed by atoms with Crippen molar-refractivity contribution in [2.24, 2.45) is 19.3 Å². The van der Waals surface area contributed by atoms with Crippen LogP contribution < -0.4 is 61.8 Å². The van der Waals surface area contributed by atoms with Crippen molar-refractivity contribution in [1.82, 2.24) is 0 Å². The van der Waals surface area contributed by atoms with Crippen LogP contribution in [0.4, 0.5) is 0 Å². The molecular formula is C21H23I2N3O3. The Morgan fingerprint density at radius 2 is 1.66 bits per heavy atom. The van der Waals surface area contributed by atoms with Crippen LogP contribution in [0, 0.1) is 0 Å². The molecule has 0 saturated carbocycles. The van der Waals surface area contributed by atoms with Gasteiger partial charge in [0.2, 0.25) is 5.69 Å². The van der Waals surface area contributed by atoms with Crippen molar-refractivity contribution < 1.29 is 71.8 Å². The molecule has 0 radical (unpaired) electrons. The van der Waals surface area contributed by atoms with Gasteiger partial charge in [-0.1, -0.05) is 5.16 Å². The Labute approximate surface area is 204 Å². The summed E-state index contributed by atoms with van der Waals surface area (Å²) in [5.41, 5.74) is 2.21. The molecule has 0 aliphatic heterocycles. The van der Waals surface area contributed by atoms with Gasteiger partial charge in [0.1, 0.15) is 26.1 Å². The maximum atomic E-state index is 12.1. The number of hydrogen-bond acceptors (Lipinski definition) is 4. The molecule has 3 aromatic rings. The largest absolute Gasteiger partial charge is 1.00 e. The van der Waals surface area contributed by atoms with E-state index in [1.807, 2.05) is 72.2 Å². The second-order valence-electron chi connectivity index (χ2n) is 5.80. The van der Waals surface area contributed by atoms with E-state index in [0.717, 1.165) is 11.4 Å². The number of pyridine rings is 2. The van der Waals surface area contributed by atoms with Crippen molar-refractivity contribution in [1.29, 1.82) is 0 Å². The van der Waals surface area contributed by atoms with Crippen LogP contribution in [-0.2, 0) is 14.1 Å². The number of nitrogens with zero attached hydrogens (tertiary/aromatic N) is 3. The summed E-state index contributed by atoms with van der Waals surface area (Å²) in [6.07, 6.45) is 6.98. The monoisotopic (exact) mass is 619 g/mol. The van der Waals surface area contributed by atoms with Crippen molar-refractivity contribution in [3.63, 3.8) is 0 Å². The SMILES string of the molecule is COc1ccc(C(=O)c2ccc[n+](C)c2)cc1.C[n+]1ccccc1C=NO.[I-].[I-]. The molecular weight excluding hydrogens is 596 g/mol. The van der Waals surface area contributed by atoms with Crippen molar-refractivity contribution in [2.75, 3.05) is 7.11 Å². The zero-order valence-corrected chi connectivity index (χ0v) is 20.7. The molecule has 3 rings (SSSR count). The van der Waals surface area contributed by atoms with Crippen molar-refractivity contribution in [2.45, 2.75) is 0 Å². The molecule has 2 heterocycles. The summed E-state index contributed by atoms with van der Waals surface area (Å²) < 4.78 is 8.78. The van der Waals surface area contributed by atoms with E-state index < -0.39 is 0 Å². The standard InChI is InChI=1S/C14H14NO2.C7H8N2O.2HI/c1-15-9-3-4-12(10-15)14(16)11-5-7-13(17-2)8-6-11;1-9-5-3-2-4-7(9)6-8-10;;/h3-10H,1-2H3;2-6H,1H3;2*1H/q+1;;;/p-1. The molecule has 8 heteroatoms. The minimum Gasteiger partial charge on any atom is -1.00 e. The van der Waals surface area contributed by atoms with E-state index in [9.17, 15) is 4.79 Å². The third-order valence-electron chi connectivity index (χ3n) is 3.84. The molecule has 0 unspecified atom stereocenters. The summed E-state index contributed by atoms with van der Waals surface area (Å²) in [7, 11) is 5.38. The number of aryl methyl sites for hydroxylation is 2. The summed E-state index contributed by atoms with van der Waals surface area (Å²) in [6.45, 7) is 0. The molecule has 0 bridgehead atoms. The summed E-state index contributed by atoms with van der Waals surface area (Å²) in [5, 5.41) is 11.1. The average molecular weight is 619 g/mol. The Balaban J connectivity index is 0.000000567. The van der Waals surface area contributed by atoms with Crippen LogP contribution in [0.25, 0.3) is 0 Å². The van der Waals surface area contributed by atoms with E-state index >= 15 is 0 Å². The maximum Gasteiger partial charge on any atom is 0.226 e. The minimum atomic E-state index is 0. The Bertz CT molecular complexity index is 932. The van der Waals surface area contributed by atoms with Crippen molar-refractivity contribution in [3.8, 4) is 5.75 Å². The van der Waals surface area contributed by atoms with Gasteiger partial charge in [0.25, 0.3) is 0 Å². The first-order valence-electron chi connectivity index (χ1n) is 8.31. The Morgan fingerprint density at radius 3 is 2.21 bits per heavy atom. The van der Waals surface area contributed by atoms with Crippen molar-refractivity contribution in [3.05, 3.63) is 90.0 Å². The van der Waals surface area contributed by atoms with E-state index in [-0.39, 0.29) is 53.7 Å². The number of rotatable bonds is 4. The van der Waals surface area contributed by atoms with Gasteiger partial charge in [0, 0.05) is 23.8 Å². The van der Waals surface area contributed by atoms with E-state index in [2.05, 4.69) is 5.16 Å². The molecule has 0 fully saturated rings. The zero-order chi connectivity index (χ0) is 19.6. The van der Waals surface area contributed by atoms with Gasteiger partial charge >= 0.3 is 0 Å². The number of methoxy groups -OCH3 is 1. The van der Waals surface area contributed by atoms with Gasteiger partial charge in [-0.05, 0) is 36.4 Å². The molecule has 1 aromatic carbocycles. The van der Waals surface area contributed by atoms with Crippen LogP contribution >= 0.6 is 0 Å². The van der Waals surface area contributed by atoms with Gasteiger partial charge in [-0.25, -0.2) is 9.13 Å². The second kappa shape index (κ2) is 14.0. The molecule has 0 saturated heterocycles. The second-order valence-corrected chi connectivity index (χ2v) is 5.80. The fraction of sp³-hybridized carbons (Fsp3) is 0.143. The van der Waals surface area contributed by atoms with Crippen LogP contribution in [0.5, 0.6) is 5.75 Å². The van der Waals surface area contributed by atoms with E-state index in [0.29, 0.717) is 11.1 Å². The number of aromatic nitrogens is 2. The van der Waals surface area contributed by atoms with Gasteiger partial charge in [0.15, 0.2) is 24.4 Å².